The second-order valence-electron chi connectivity index (χ2n) is 19.1. The van der Waals surface area contributed by atoms with E-state index in [9.17, 15) is 4.79 Å². The number of nitrogens with zero attached hydrogens (tertiary/aromatic N) is 2. The molecular weight excluding hydrogens is 927 g/mol. The number of carbonyl (C=O) groups is 1. The number of pyridine rings is 1. The van der Waals surface area contributed by atoms with Crippen LogP contribution in [0.25, 0.3) is 11.0 Å². The number of carbonyl (C=O) groups excluding carboxylic acids is 1. The van der Waals surface area contributed by atoms with Crippen molar-refractivity contribution in [3.05, 3.63) is 219 Å². The van der Waals surface area contributed by atoms with E-state index < -0.39 is 22.6 Å². The highest BCUT2D eigenvalue weighted by Gasteiger charge is 2.51. The highest BCUT2D eigenvalue weighted by atomic mass is 35.5. The van der Waals surface area contributed by atoms with Crippen molar-refractivity contribution in [1.29, 1.82) is 0 Å². The number of fused-ring (bicyclic) bond motifs is 1. The highest BCUT2D eigenvalue weighted by Crippen LogP contribution is 2.39. The first kappa shape index (κ1) is 48.2. The molecule has 0 saturated carbocycles. The first-order valence-electron chi connectivity index (χ1n) is 22.5. The minimum absolute atomic E-state index is 0.0117. The summed E-state index contributed by atoms with van der Waals surface area (Å²) in [7, 11) is -5.66. The van der Waals surface area contributed by atoms with Crippen molar-refractivity contribution in [2.75, 3.05) is 0 Å². The van der Waals surface area contributed by atoms with Crippen LogP contribution in [0.15, 0.2) is 176 Å². The molecule has 0 fully saturated rings. The standard InChI is InChI=1S/C56H55Cl3N2O4Si2/c1-55(2,3)66(46-19-11-7-12-20-46,47-21-13-8-14-22-47)64-38-42-29-40(31-44(57)33-42)36-61-51-27-28-53(59)60-50(51)35-52(61)54(62)63-37-41-30-43(34-45(58)32-41)39-65-67(56(4,5)6,48-23-15-9-16-24-48)49-25-17-10-18-26-49/h7-35H,36-39H2,1-6H3. The third-order valence-electron chi connectivity index (χ3n) is 12.4. The summed E-state index contributed by atoms with van der Waals surface area (Å²) in [5.41, 5.74) is 5.06. The molecule has 0 N–H and O–H groups in total. The lowest BCUT2D eigenvalue weighted by molar-refractivity contribution is 0.0461. The van der Waals surface area contributed by atoms with E-state index in [0.717, 1.165) is 27.8 Å². The van der Waals surface area contributed by atoms with Crippen LogP contribution in [0.5, 0.6) is 0 Å². The predicted octanol–water partition coefficient (Wildman–Crippen LogP) is 12.6. The quantitative estimate of drug-likeness (QED) is 0.0582. The first-order chi connectivity index (χ1) is 32.1. The Morgan fingerprint density at radius 1 is 0.507 bits per heavy atom. The van der Waals surface area contributed by atoms with Crippen molar-refractivity contribution in [3.63, 3.8) is 0 Å². The van der Waals surface area contributed by atoms with E-state index in [0.29, 0.717) is 46.2 Å². The Hall–Kier alpha value is -5.30. The fraction of sp³-hybridized carbons (Fsp3) is 0.214. The van der Waals surface area contributed by atoms with E-state index in [2.05, 4.69) is 150 Å². The van der Waals surface area contributed by atoms with Gasteiger partial charge in [0.1, 0.15) is 17.5 Å². The van der Waals surface area contributed by atoms with Gasteiger partial charge < -0.3 is 18.2 Å². The maximum Gasteiger partial charge on any atom is 0.355 e. The lowest BCUT2D eigenvalue weighted by Crippen LogP contribution is -2.66. The van der Waals surface area contributed by atoms with E-state index in [1.165, 1.54) is 20.7 Å². The summed E-state index contributed by atoms with van der Waals surface area (Å²) in [4.78, 5) is 18.8. The molecule has 6 aromatic carbocycles. The van der Waals surface area contributed by atoms with Gasteiger partial charge in [0, 0.05) is 16.6 Å². The third-order valence-corrected chi connectivity index (χ3v) is 23.0. The van der Waals surface area contributed by atoms with Gasteiger partial charge in [0.05, 0.1) is 24.2 Å². The van der Waals surface area contributed by atoms with Gasteiger partial charge in [0.15, 0.2) is 0 Å². The summed E-state index contributed by atoms with van der Waals surface area (Å²) in [6.07, 6.45) is 0. The molecule has 0 aliphatic rings. The van der Waals surface area contributed by atoms with E-state index in [1.54, 1.807) is 12.1 Å². The Morgan fingerprint density at radius 3 is 1.31 bits per heavy atom. The van der Waals surface area contributed by atoms with Gasteiger partial charge in [-0.15, -0.1) is 0 Å². The van der Waals surface area contributed by atoms with Gasteiger partial charge in [-0.25, -0.2) is 9.78 Å². The molecule has 6 nitrogen and oxygen atoms in total. The Balaban J connectivity index is 1.05. The Bertz CT molecular complexity index is 2900. The van der Waals surface area contributed by atoms with Crippen LogP contribution >= 0.6 is 34.8 Å². The molecule has 0 aliphatic heterocycles. The molecule has 0 unspecified atom stereocenters. The van der Waals surface area contributed by atoms with Gasteiger partial charge in [0.2, 0.25) is 0 Å². The lowest BCUT2D eigenvalue weighted by Gasteiger charge is -2.43. The van der Waals surface area contributed by atoms with Gasteiger partial charge in [0.25, 0.3) is 16.6 Å². The summed E-state index contributed by atoms with van der Waals surface area (Å²) in [6.45, 7) is 14.5. The van der Waals surface area contributed by atoms with Crippen molar-refractivity contribution in [2.24, 2.45) is 0 Å². The number of esters is 1. The van der Waals surface area contributed by atoms with Crippen LogP contribution in [0, 0.1) is 0 Å². The maximum atomic E-state index is 14.2. The summed E-state index contributed by atoms with van der Waals surface area (Å²) >= 11 is 20.0. The number of aromatic nitrogens is 2. The van der Waals surface area contributed by atoms with Gasteiger partial charge in [-0.2, -0.15) is 0 Å². The monoisotopic (exact) mass is 980 g/mol. The van der Waals surface area contributed by atoms with Crippen molar-refractivity contribution >= 4 is 89.2 Å². The second kappa shape index (κ2) is 20.1. The smallest absolute Gasteiger partial charge is 0.355 e. The molecule has 0 amide bonds. The number of ether oxygens (including phenoxy) is 1. The molecule has 8 aromatic rings. The van der Waals surface area contributed by atoms with Crippen LogP contribution in [0.3, 0.4) is 0 Å². The van der Waals surface area contributed by atoms with E-state index in [1.807, 2.05) is 65.2 Å². The molecule has 2 heterocycles. The highest BCUT2D eigenvalue weighted by molar-refractivity contribution is 7.00. The van der Waals surface area contributed by atoms with E-state index in [-0.39, 0.29) is 16.7 Å². The molecule has 342 valence electrons. The number of benzene rings is 6. The lowest BCUT2D eigenvalue weighted by atomic mass is 10.1. The van der Waals surface area contributed by atoms with Gasteiger partial charge in [-0.1, -0.05) is 210 Å². The molecule has 8 rings (SSSR count). The first-order valence-corrected chi connectivity index (χ1v) is 27.4. The van der Waals surface area contributed by atoms with Gasteiger partial charge in [-0.3, -0.25) is 0 Å². The minimum atomic E-state index is -2.83. The molecular formula is C56H55Cl3N2O4Si2. The van der Waals surface area contributed by atoms with E-state index >= 15 is 0 Å². The van der Waals surface area contributed by atoms with Crippen LogP contribution in [0.1, 0.15) is 74.3 Å². The third kappa shape index (κ3) is 10.3. The van der Waals surface area contributed by atoms with Crippen LogP contribution in [-0.4, -0.2) is 32.2 Å². The van der Waals surface area contributed by atoms with Crippen molar-refractivity contribution in [1.82, 2.24) is 9.55 Å². The average Bonchev–Trinajstić information content (AvgIpc) is 3.65. The second-order valence-corrected chi connectivity index (χ2v) is 28.9. The zero-order valence-electron chi connectivity index (χ0n) is 38.7. The Kier molecular flexibility index (Phi) is 14.5. The molecule has 0 bridgehead atoms. The van der Waals surface area contributed by atoms with Crippen molar-refractivity contribution < 1.29 is 18.4 Å². The molecule has 0 aliphatic carbocycles. The SMILES string of the molecule is CC(C)(C)[Si](OCc1cc(Cl)cc(COC(=O)c2cc3nc(Cl)ccc3n2Cc2cc(Cl)cc(CO[Si](c3ccccc3)(c3ccccc3)C(C)(C)C)c2)c1)(c1ccccc1)c1ccccc1. The molecule has 0 atom stereocenters. The topological polar surface area (TPSA) is 62.6 Å². The van der Waals surface area contributed by atoms with E-state index in [4.69, 9.17) is 48.4 Å². The largest absolute Gasteiger partial charge is 0.456 e. The average molecular weight is 983 g/mol. The predicted molar refractivity (Wildman–Crippen MR) is 281 cm³/mol. The van der Waals surface area contributed by atoms with Crippen LogP contribution in [-0.2, 0) is 40.0 Å². The van der Waals surface area contributed by atoms with Crippen molar-refractivity contribution in [2.45, 2.75) is 78.0 Å². The summed E-state index contributed by atoms with van der Waals surface area (Å²) in [5.74, 6) is -0.517. The number of rotatable bonds is 15. The van der Waals surface area contributed by atoms with Gasteiger partial charge in [-0.05, 0) is 95.5 Å². The number of hydrogen-bond donors (Lipinski definition) is 0. The fourth-order valence-corrected chi connectivity index (χ4v) is 19.3. The molecule has 67 heavy (non-hydrogen) atoms. The molecule has 11 heteroatoms. The maximum absolute atomic E-state index is 14.2. The summed E-state index contributed by atoms with van der Waals surface area (Å²) < 4.78 is 22.5. The van der Waals surface area contributed by atoms with Gasteiger partial charge >= 0.3 is 5.97 Å². The summed E-state index contributed by atoms with van der Waals surface area (Å²) in [6, 6.07) is 59.2. The van der Waals surface area contributed by atoms with Crippen LogP contribution in [0.4, 0.5) is 0 Å². The fourth-order valence-electron chi connectivity index (χ4n) is 9.54. The summed E-state index contributed by atoms with van der Waals surface area (Å²) in [5, 5.41) is 5.78. The number of halogens is 3. The normalized spacial score (nSPS) is 12.4. The minimum Gasteiger partial charge on any atom is -0.456 e. The molecule has 0 radical (unpaired) electrons. The molecule has 0 saturated heterocycles. The number of hydrogen-bond acceptors (Lipinski definition) is 5. The Morgan fingerprint density at radius 2 is 0.896 bits per heavy atom. The Labute approximate surface area is 411 Å². The van der Waals surface area contributed by atoms with Crippen molar-refractivity contribution in [3.8, 4) is 0 Å². The zero-order valence-corrected chi connectivity index (χ0v) is 43.0. The molecule has 0 spiro atoms. The van der Waals surface area contributed by atoms with Crippen LogP contribution in [0.2, 0.25) is 25.3 Å². The molecule has 2 aromatic heterocycles. The zero-order chi connectivity index (χ0) is 47.4. The van der Waals surface area contributed by atoms with Crippen LogP contribution < -0.4 is 20.7 Å².